The number of nitrogens with one attached hydrogen (secondary N) is 1. The van der Waals surface area contributed by atoms with Crippen molar-refractivity contribution in [2.45, 2.75) is 32.1 Å². The first-order valence-electron chi connectivity index (χ1n) is 12.3. The Labute approximate surface area is 234 Å². The number of benzene rings is 3. The van der Waals surface area contributed by atoms with Gasteiger partial charge in [0.1, 0.15) is 0 Å². The molecule has 0 radical (unpaired) electrons. The zero-order valence-electron chi connectivity index (χ0n) is 23.2. The Morgan fingerprint density at radius 1 is 0.900 bits per heavy atom. The van der Waals surface area contributed by atoms with Crippen molar-refractivity contribution in [3.8, 4) is 28.3 Å². The summed E-state index contributed by atoms with van der Waals surface area (Å²) in [5.41, 5.74) is 6.57. The smallest absolute Gasteiger partial charge is 0.421 e. The quantitative estimate of drug-likeness (QED) is 0.278. The van der Waals surface area contributed by atoms with E-state index in [0.717, 1.165) is 39.3 Å². The molecule has 4 aromatic rings. The molecule has 0 aliphatic heterocycles. The fourth-order valence-corrected chi connectivity index (χ4v) is 5.18. The van der Waals surface area contributed by atoms with Crippen molar-refractivity contribution in [2.75, 3.05) is 20.8 Å². The van der Waals surface area contributed by atoms with E-state index in [1.807, 2.05) is 72.6 Å². The predicted octanol–water partition coefficient (Wildman–Crippen LogP) is 5.30. The third-order valence-electron chi connectivity index (χ3n) is 6.32. The third kappa shape index (κ3) is 6.61. The van der Waals surface area contributed by atoms with E-state index < -0.39 is 16.1 Å². The molecule has 0 unspecified atom stereocenters. The summed E-state index contributed by atoms with van der Waals surface area (Å²) in [6.07, 6.45) is -0.593. The Balaban J connectivity index is 0.00000441. The molecule has 4 rings (SSSR count). The van der Waals surface area contributed by atoms with Gasteiger partial charge in [0.15, 0.2) is 11.5 Å². The molecule has 0 saturated carbocycles. The van der Waals surface area contributed by atoms with Crippen LogP contribution in [-0.4, -0.2) is 45.1 Å². The van der Waals surface area contributed by atoms with Crippen molar-refractivity contribution in [1.29, 1.82) is 0 Å². The van der Waals surface area contributed by atoms with Crippen LogP contribution in [0.1, 0.15) is 22.5 Å². The molecule has 0 spiro atoms. The zero-order chi connectivity index (χ0) is 28.2. The van der Waals surface area contributed by atoms with Gasteiger partial charge in [-0.25, -0.2) is 22.6 Å². The molecule has 10 nitrogen and oxygen atoms in total. The van der Waals surface area contributed by atoms with Gasteiger partial charge in [0.05, 0.1) is 37.1 Å². The second-order valence-electron chi connectivity index (χ2n) is 9.00. The van der Waals surface area contributed by atoms with Crippen molar-refractivity contribution in [3.63, 3.8) is 0 Å². The third-order valence-corrected chi connectivity index (χ3v) is 7.65. The van der Waals surface area contributed by atoms with E-state index in [4.69, 9.17) is 19.3 Å². The first-order chi connectivity index (χ1) is 18.6. The maximum atomic E-state index is 12.3. The lowest BCUT2D eigenvalue weighted by molar-refractivity contribution is 0.154. The van der Waals surface area contributed by atoms with Gasteiger partial charge < -0.3 is 20.4 Å². The molecule has 3 aromatic carbocycles. The highest BCUT2D eigenvalue weighted by molar-refractivity contribution is 7.90. The second kappa shape index (κ2) is 12.7. The lowest BCUT2D eigenvalue weighted by atomic mass is 10.0. The normalized spacial score (nSPS) is 10.9. The Hall–Kier alpha value is -4.35. The summed E-state index contributed by atoms with van der Waals surface area (Å²) < 4.78 is 44.4. The van der Waals surface area contributed by atoms with E-state index in [9.17, 15) is 13.2 Å². The molecule has 0 saturated heterocycles. The van der Waals surface area contributed by atoms with E-state index in [2.05, 4.69) is 0 Å². The summed E-state index contributed by atoms with van der Waals surface area (Å²) in [6.45, 7) is 5.85. The van der Waals surface area contributed by atoms with Gasteiger partial charge in [-0.2, -0.15) is 5.10 Å². The highest BCUT2D eigenvalue weighted by Gasteiger charge is 2.19. The Bertz CT molecular complexity index is 1580. The molecular formula is C29H34N4O6S. The van der Waals surface area contributed by atoms with Crippen LogP contribution in [0.5, 0.6) is 11.5 Å². The average molecular weight is 567 g/mol. The number of rotatable bonds is 9. The number of hydrogen-bond donors (Lipinski definition) is 2. The van der Waals surface area contributed by atoms with Gasteiger partial charge in [-0.05, 0) is 68.3 Å². The molecule has 212 valence electrons. The predicted molar refractivity (Wildman–Crippen MR) is 153 cm³/mol. The Kier molecular flexibility index (Phi) is 9.56. The maximum Gasteiger partial charge on any atom is 0.421 e. The van der Waals surface area contributed by atoms with Gasteiger partial charge in [0.2, 0.25) is 0 Å². The van der Waals surface area contributed by atoms with Crippen LogP contribution in [0, 0.1) is 20.8 Å². The van der Waals surface area contributed by atoms with Gasteiger partial charge in [0, 0.05) is 17.7 Å². The van der Waals surface area contributed by atoms with Crippen molar-refractivity contribution < 1.29 is 27.4 Å². The summed E-state index contributed by atoms with van der Waals surface area (Å²) in [5, 5.41) is 4.74. The molecule has 1 aromatic heterocycles. The number of nitrogens with zero attached hydrogens (tertiary/aromatic N) is 2. The summed E-state index contributed by atoms with van der Waals surface area (Å²) in [5.74, 6) is 1.31. The first kappa shape index (κ1) is 30.2. The molecule has 11 heteroatoms. The summed E-state index contributed by atoms with van der Waals surface area (Å²) in [4.78, 5) is 12.1. The number of hydrogen-bond acceptors (Lipinski definition) is 8. The number of aromatic nitrogens is 2. The van der Waals surface area contributed by atoms with Crippen LogP contribution in [0.25, 0.3) is 16.8 Å². The largest absolute Gasteiger partial charge is 0.493 e. The zero-order valence-corrected chi connectivity index (χ0v) is 24.0. The Morgan fingerprint density at radius 3 is 2.17 bits per heavy atom. The minimum Gasteiger partial charge on any atom is -0.493 e. The number of carbonyl (C=O) groups is 1. The molecule has 40 heavy (non-hydrogen) atoms. The molecule has 0 atom stereocenters. The number of sulfonamides is 1. The van der Waals surface area contributed by atoms with E-state index in [0.29, 0.717) is 17.9 Å². The molecular weight excluding hydrogens is 532 g/mol. The molecule has 0 aliphatic carbocycles. The van der Waals surface area contributed by atoms with Crippen LogP contribution in [0.15, 0.2) is 71.6 Å². The van der Waals surface area contributed by atoms with E-state index in [1.54, 1.807) is 26.4 Å². The van der Waals surface area contributed by atoms with Crippen molar-refractivity contribution in [2.24, 2.45) is 0 Å². The molecule has 0 aliphatic rings. The summed E-state index contributed by atoms with van der Waals surface area (Å²) >= 11 is 0. The first-order valence-corrected chi connectivity index (χ1v) is 13.8. The number of methoxy groups -OCH3 is 2. The van der Waals surface area contributed by atoms with Gasteiger partial charge in [-0.3, -0.25) is 0 Å². The molecule has 0 fully saturated rings. The fraction of sp³-hybridized carbons (Fsp3) is 0.241. The van der Waals surface area contributed by atoms with E-state index >= 15 is 0 Å². The topological polar surface area (TPSA) is 144 Å². The average Bonchev–Trinajstić information content (AvgIpc) is 3.22. The highest BCUT2D eigenvalue weighted by Crippen LogP contribution is 2.35. The fourth-order valence-electron chi connectivity index (χ4n) is 4.28. The standard InChI is InChI=1S/C29H31N3O6S.H3N/c1-19-6-13-25(14-7-19)39(34,35)31-29(33)38-17-16-22-8-11-24(12-9-22)32-21(3)28(20(2)30-32)23-10-15-26(36-4)27(18-23)37-5;/h6-15,18H,16-17H2,1-5H3,(H,31,33);1H3. The minimum absolute atomic E-state index is 0. The lowest BCUT2D eigenvalue weighted by Gasteiger charge is -2.11. The van der Waals surface area contributed by atoms with Crippen LogP contribution in [0.2, 0.25) is 0 Å². The summed E-state index contributed by atoms with van der Waals surface area (Å²) in [6, 6.07) is 19.7. The second-order valence-corrected chi connectivity index (χ2v) is 10.7. The van der Waals surface area contributed by atoms with Gasteiger partial charge in [0.25, 0.3) is 10.0 Å². The van der Waals surface area contributed by atoms with Gasteiger partial charge in [-0.1, -0.05) is 35.9 Å². The molecule has 4 N–H and O–H groups in total. The number of amides is 1. The molecule has 1 heterocycles. The monoisotopic (exact) mass is 566 g/mol. The van der Waals surface area contributed by atoms with Crippen LogP contribution < -0.4 is 20.3 Å². The lowest BCUT2D eigenvalue weighted by Crippen LogP contribution is -2.31. The van der Waals surface area contributed by atoms with Crippen LogP contribution >= 0.6 is 0 Å². The van der Waals surface area contributed by atoms with Crippen LogP contribution in [0.4, 0.5) is 4.79 Å². The number of carbonyl (C=O) groups excluding carboxylic acids is 1. The van der Waals surface area contributed by atoms with Gasteiger partial charge >= 0.3 is 6.09 Å². The van der Waals surface area contributed by atoms with Crippen molar-refractivity contribution in [3.05, 3.63) is 89.2 Å². The van der Waals surface area contributed by atoms with Crippen molar-refractivity contribution >= 4 is 16.1 Å². The highest BCUT2D eigenvalue weighted by atomic mass is 32.2. The SMILES string of the molecule is COc1ccc(-c2c(C)nn(-c3ccc(CCOC(=O)NS(=O)(=O)c4ccc(C)cc4)cc3)c2C)cc1OC.N. The molecule has 0 bridgehead atoms. The number of ether oxygens (including phenoxy) is 3. The minimum atomic E-state index is -3.99. The van der Waals surface area contributed by atoms with Gasteiger partial charge in [-0.15, -0.1) is 0 Å². The van der Waals surface area contributed by atoms with Crippen LogP contribution in [-0.2, 0) is 21.2 Å². The van der Waals surface area contributed by atoms with E-state index in [1.165, 1.54) is 12.1 Å². The van der Waals surface area contributed by atoms with Crippen molar-refractivity contribution in [1.82, 2.24) is 20.7 Å². The maximum absolute atomic E-state index is 12.3. The number of aryl methyl sites for hydroxylation is 2. The van der Waals surface area contributed by atoms with E-state index in [-0.39, 0.29) is 17.7 Å². The van der Waals surface area contributed by atoms with Crippen LogP contribution in [0.3, 0.4) is 0 Å². The molecule has 1 amide bonds. The Morgan fingerprint density at radius 2 is 1.55 bits per heavy atom. The summed E-state index contributed by atoms with van der Waals surface area (Å²) in [7, 11) is -0.775.